The van der Waals surface area contributed by atoms with Gasteiger partial charge < -0.3 is 5.32 Å². The second-order valence-corrected chi connectivity index (χ2v) is 5.34. The molecule has 0 amide bonds. The van der Waals surface area contributed by atoms with E-state index in [-0.39, 0.29) is 23.9 Å². The molecule has 1 aromatic rings. The molecular formula is C13H15BrFNO. The molecule has 0 spiro atoms. The standard InChI is InChI=1S/C13H15BrFNO/c14-11-3-4-12(15)10(6-11)7-13(17)9-2-1-5-16-8-9/h3-4,6,9,16H,1-2,5,7-8H2. The lowest BCUT2D eigenvalue weighted by molar-refractivity contribution is -0.122. The van der Waals surface area contributed by atoms with E-state index in [4.69, 9.17) is 0 Å². The molecule has 1 heterocycles. The molecule has 0 bridgehead atoms. The number of hydrogen-bond acceptors (Lipinski definition) is 2. The van der Waals surface area contributed by atoms with E-state index >= 15 is 0 Å². The minimum Gasteiger partial charge on any atom is -0.316 e. The Morgan fingerprint density at radius 2 is 2.35 bits per heavy atom. The summed E-state index contributed by atoms with van der Waals surface area (Å²) in [5, 5.41) is 3.20. The van der Waals surface area contributed by atoms with Crippen LogP contribution in [-0.4, -0.2) is 18.9 Å². The monoisotopic (exact) mass is 299 g/mol. The Hall–Kier alpha value is -0.740. The fourth-order valence-electron chi connectivity index (χ4n) is 2.14. The lowest BCUT2D eigenvalue weighted by Gasteiger charge is -2.21. The van der Waals surface area contributed by atoms with Crippen molar-refractivity contribution in [3.8, 4) is 0 Å². The molecule has 1 unspecified atom stereocenters. The number of carbonyl (C=O) groups is 1. The highest BCUT2D eigenvalue weighted by Crippen LogP contribution is 2.19. The molecule has 1 aromatic carbocycles. The van der Waals surface area contributed by atoms with E-state index in [1.54, 1.807) is 12.1 Å². The molecule has 92 valence electrons. The number of hydrogen-bond donors (Lipinski definition) is 1. The van der Waals surface area contributed by atoms with Crippen LogP contribution in [0.15, 0.2) is 22.7 Å². The fraction of sp³-hybridized carbons (Fsp3) is 0.462. The van der Waals surface area contributed by atoms with Gasteiger partial charge in [-0.2, -0.15) is 0 Å². The summed E-state index contributed by atoms with van der Waals surface area (Å²) in [6, 6.07) is 4.72. The van der Waals surface area contributed by atoms with Crippen LogP contribution in [0.25, 0.3) is 0 Å². The highest BCUT2D eigenvalue weighted by atomic mass is 79.9. The van der Waals surface area contributed by atoms with Gasteiger partial charge in [0.25, 0.3) is 0 Å². The van der Waals surface area contributed by atoms with Crippen LogP contribution in [0.2, 0.25) is 0 Å². The third-order valence-corrected chi connectivity index (χ3v) is 3.62. The number of piperidine rings is 1. The summed E-state index contributed by atoms with van der Waals surface area (Å²) in [4.78, 5) is 12.0. The molecule has 1 saturated heterocycles. The van der Waals surface area contributed by atoms with Crippen molar-refractivity contribution in [2.45, 2.75) is 19.3 Å². The summed E-state index contributed by atoms with van der Waals surface area (Å²) in [7, 11) is 0. The van der Waals surface area contributed by atoms with Gasteiger partial charge in [-0.1, -0.05) is 15.9 Å². The number of benzene rings is 1. The predicted molar refractivity (Wildman–Crippen MR) is 68.4 cm³/mol. The SMILES string of the molecule is O=C(Cc1cc(Br)ccc1F)C1CCCNC1. The van der Waals surface area contributed by atoms with E-state index in [1.165, 1.54) is 6.07 Å². The molecule has 17 heavy (non-hydrogen) atoms. The Bertz CT molecular complexity index is 416. The van der Waals surface area contributed by atoms with Gasteiger partial charge in [0, 0.05) is 23.4 Å². The van der Waals surface area contributed by atoms with Gasteiger partial charge in [-0.25, -0.2) is 4.39 Å². The van der Waals surface area contributed by atoms with Crippen molar-refractivity contribution in [3.63, 3.8) is 0 Å². The highest BCUT2D eigenvalue weighted by Gasteiger charge is 2.21. The smallest absolute Gasteiger partial charge is 0.141 e. The van der Waals surface area contributed by atoms with Gasteiger partial charge in [-0.3, -0.25) is 4.79 Å². The average Bonchev–Trinajstić information content (AvgIpc) is 2.35. The van der Waals surface area contributed by atoms with Crippen molar-refractivity contribution < 1.29 is 9.18 Å². The second-order valence-electron chi connectivity index (χ2n) is 4.42. The van der Waals surface area contributed by atoms with Gasteiger partial charge in [0.15, 0.2) is 0 Å². The van der Waals surface area contributed by atoms with Crippen LogP contribution in [0.5, 0.6) is 0 Å². The first kappa shape index (κ1) is 12.7. The van der Waals surface area contributed by atoms with Crippen LogP contribution in [-0.2, 0) is 11.2 Å². The van der Waals surface area contributed by atoms with Crippen molar-refractivity contribution in [1.82, 2.24) is 5.32 Å². The van der Waals surface area contributed by atoms with Crippen LogP contribution >= 0.6 is 15.9 Å². The van der Waals surface area contributed by atoms with Crippen molar-refractivity contribution in [2.24, 2.45) is 5.92 Å². The number of halogens is 2. The lowest BCUT2D eigenvalue weighted by atomic mass is 9.91. The van der Waals surface area contributed by atoms with E-state index in [0.29, 0.717) is 5.56 Å². The Morgan fingerprint density at radius 1 is 1.53 bits per heavy atom. The molecule has 2 nitrogen and oxygen atoms in total. The Labute approximate surface area is 109 Å². The maximum atomic E-state index is 13.5. The van der Waals surface area contributed by atoms with Crippen LogP contribution in [0.1, 0.15) is 18.4 Å². The predicted octanol–water partition coefficient (Wildman–Crippen LogP) is 2.70. The summed E-state index contributed by atoms with van der Waals surface area (Å²) in [6.07, 6.45) is 2.14. The summed E-state index contributed by atoms with van der Waals surface area (Å²) >= 11 is 3.29. The summed E-state index contributed by atoms with van der Waals surface area (Å²) < 4.78 is 14.3. The van der Waals surface area contributed by atoms with Crippen LogP contribution in [0.3, 0.4) is 0 Å². The van der Waals surface area contributed by atoms with Crippen molar-refractivity contribution in [2.75, 3.05) is 13.1 Å². The largest absolute Gasteiger partial charge is 0.316 e. The Morgan fingerprint density at radius 3 is 3.06 bits per heavy atom. The molecule has 0 radical (unpaired) electrons. The van der Waals surface area contributed by atoms with Crippen LogP contribution in [0.4, 0.5) is 4.39 Å². The quantitative estimate of drug-likeness (QED) is 0.930. The zero-order valence-electron chi connectivity index (χ0n) is 9.51. The average molecular weight is 300 g/mol. The number of carbonyl (C=O) groups excluding carboxylic acids is 1. The molecule has 0 aliphatic carbocycles. The van der Waals surface area contributed by atoms with Crippen LogP contribution in [0, 0.1) is 11.7 Å². The molecule has 1 N–H and O–H groups in total. The van der Waals surface area contributed by atoms with E-state index in [0.717, 1.165) is 30.4 Å². The zero-order chi connectivity index (χ0) is 12.3. The minimum atomic E-state index is -0.301. The first-order chi connectivity index (χ1) is 8.16. The summed E-state index contributed by atoms with van der Waals surface area (Å²) in [5.41, 5.74) is 0.481. The number of nitrogens with one attached hydrogen (secondary N) is 1. The number of Topliss-reactive ketones (excluding diaryl/α,β-unsaturated/α-hetero) is 1. The van der Waals surface area contributed by atoms with E-state index in [9.17, 15) is 9.18 Å². The van der Waals surface area contributed by atoms with Crippen molar-refractivity contribution >= 4 is 21.7 Å². The molecule has 0 saturated carbocycles. The van der Waals surface area contributed by atoms with Gasteiger partial charge in [0.1, 0.15) is 11.6 Å². The first-order valence-electron chi connectivity index (χ1n) is 5.84. The van der Waals surface area contributed by atoms with Gasteiger partial charge in [-0.05, 0) is 43.1 Å². The normalized spacial score (nSPS) is 20.2. The fourth-order valence-corrected chi connectivity index (χ4v) is 2.55. The number of rotatable bonds is 3. The van der Waals surface area contributed by atoms with Gasteiger partial charge >= 0.3 is 0 Å². The molecule has 4 heteroatoms. The van der Waals surface area contributed by atoms with Gasteiger partial charge in [-0.15, -0.1) is 0 Å². The summed E-state index contributed by atoms with van der Waals surface area (Å²) in [6.45, 7) is 1.71. The maximum absolute atomic E-state index is 13.5. The van der Waals surface area contributed by atoms with Gasteiger partial charge in [0.2, 0.25) is 0 Å². The second kappa shape index (κ2) is 5.74. The minimum absolute atomic E-state index is 0.0436. The molecule has 1 aliphatic heterocycles. The van der Waals surface area contributed by atoms with E-state index < -0.39 is 0 Å². The van der Waals surface area contributed by atoms with Crippen molar-refractivity contribution in [1.29, 1.82) is 0 Å². The topological polar surface area (TPSA) is 29.1 Å². The third kappa shape index (κ3) is 3.36. The van der Waals surface area contributed by atoms with Crippen LogP contribution < -0.4 is 5.32 Å². The Kier molecular flexibility index (Phi) is 4.29. The van der Waals surface area contributed by atoms with E-state index in [1.807, 2.05) is 0 Å². The summed E-state index contributed by atoms with van der Waals surface area (Å²) in [5.74, 6) is -0.123. The first-order valence-corrected chi connectivity index (χ1v) is 6.63. The lowest BCUT2D eigenvalue weighted by Crippen LogP contribution is -2.35. The third-order valence-electron chi connectivity index (χ3n) is 3.12. The number of ketones is 1. The molecule has 0 aromatic heterocycles. The molecule has 1 fully saturated rings. The zero-order valence-corrected chi connectivity index (χ0v) is 11.1. The van der Waals surface area contributed by atoms with E-state index in [2.05, 4.69) is 21.2 Å². The molecule has 1 atom stereocenters. The van der Waals surface area contributed by atoms with Crippen molar-refractivity contribution in [3.05, 3.63) is 34.1 Å². The Balaban J connectivity index is 2.04. The molecule has 2 rings (SSSR count). The molecular weight excluding hydrogens is 285 g/mol. The highest BCUT2D eigenvalue weighted by molar-refractivity contribution is 9.10. The molecule has 1 aliphatic rings. The van der Waals surface area contributed by atoms with Gasteiger partial charge in [0.05, 0.1) is 0 Å². The maximum Gasteiger partial charge on any atom is 0.141 e.